The minimum Gasteiger partial charge on any atom is -0.497 e. The molecule has 0 unspecified atom stereocenters. The highest BCUT2D eigenvalue weighted by Gasteiger charge is 2.01. The number of benzene rings is 2. The van der Waals surface area contributed by atoms with Crippen molar-refractivity contribution >= 4 is 33.4 Å². The van der Waals surface area contributed by atoms with Crippen LogP contribution >= 0.6 is 27.7 Å². The third kappa shape index (κ3) is 4.18. The summed E-state index contributed by atoms with van der Waals surface area (Å²) in [5.41, 5.74) is 8.11. The maximum atomic E-state index is 5.97. The Morgan fingerprint density at radius 3 is 2.53 bits per heavy atom. The van der Waals surface area contributed by atoms with Gasteiger partial charge >= 0.3 is 0 Å². The standard InChI is InChI=1S/C15H16BrNOS/c1-18-13-5-2-11(3-6-13)8-9-19-15-7-4-12(16)10-14(15)17/h2-7,10H,8-9,17H2,1H3. The number of methoxy groups -OCH3 is 1. The molecule has 0 spiro atoms. The zero-order valence-electron chi connectivity index (χ0n) is 10.7. The summed E-state index contributed by atoms with van der Waals surface area (Å²) in [5.74, 6) is 1.91. The highest BCUT2D eigenvalue weighted by molar-refractivity contribution is 9.10. The van der Waals surface area contributed by atoms with Crippen molar-refractivity contribution in [1.29, 1.82) is 0 Å². The summed E-state index contributed by atoms with van der Waals surface area (Å²) in [6.07, 6.45) is 1.02. The molecule has 0 fully saturated rings. The largest absolute Gasteiger partial charge is 0.497 e. The van der Waals surface area contributed by atoms with Gasteiger partial charge in [-0.15, -0.1) is 11.8 Å². The lowest BCUT2D eigenvalue weighted by molar-refractivity contribution is 0.414. The van der Waals surface area contributed by atoms with Gasteiger partial charge in [0.25, 0.3) is 0 Å². The van der Waals surface area contributed by atoms with Crippen LogP contribution in [-0.2, 0) is 6.42 Å². The Labute approximate surface area is 126 Å². The topological polar surface area (TPSA) is 35.2 Å². The molecule has 4 heteroatoms. The Hall–Kier alpha value is -1.13. The number of thioether (sulfide) groups is 1. The van der Waals surface area contributed by atoms with Crippen molar-refractivity contribution in [2.75, 3.05) is 18.6 Å². The summed E-state index contributed by atoms with van der Waals surface area (Å²) < 4.78 is 6.16. The van der Waals surface area contributed by atoms with E-state index in [9.17, 15) is 0 Å². The van der Waals surface area contributed by atoms with Crippen molar-refractivity contribution in [2.24, 2.45) is 0 Å². The minimum absolute atomic E-state index is 0.828. The van der Waals surface area contributed by atoms with E-state index in [1.165, 1.54) is 5.56 Å². The zero-order chi connectivity index (χ0) is 13.7. The first-order valence-corrected chi connectivity index (χ1v) is 7.77. The lowest BCUT2D eigenvalue weighted by atomic mass is 10.2. The monoisotopic (exact) mass is 337 g/mol. The summed E-state index contributed by atoms with van der Waals surface area (Å²) in [6.45, 7) is 0. The molecule has 100 valence electrons. The van der Waals surface area contributed by atoms with Gasteiger partial charge in [-0.1, -0.05) is 28.1 Å². The molecule has 0 amide bonds. The number of anilines is 1. The number of nitrogens with two attached hydrogens (primary N) is 1. The molecule has 2 aromatic rings. The van der Waals surface area contributed by atoms with E-state index < -0.39 is 0 Å². The molecule has 0 aromatic heterocycles. The second-order valence-corrected chi connectivity index (χ2v) is 6.18. The third-order valence-corrected chi connectivity index (χ3v) is 4.36. The highest BCUT2D eigenvalue weighted by Crippen LogP contribution is 2.28. The number of aryl methyl sites for hydroxylation is 1. The maximum Gasteiger partial charge on any atom is 0.118 e. The Morgan fingerprint density at radius 1 is 1.16 bits per heavy atom. The summed E-state index contributed by atoms with van der Waals surface area (Å²) in [7, 11) is 1.68. The summed E-state index contributed by atoms with van der Waals surface area (Å²) in [4.78, 5) is 1.14. The molecule has 2 aromatic carbocycles. The lowest BCUT2D eigenvalue weighted by Gasteiger charge is -2.06. The molecule has 0 saturated heterocycles. The quantitative estimate of drug-likeness (QED) is 0.649. The molecule has 0 heterocycles. The normalized spacial score (nSPS) is 10.4. The summed E-state index contributed by atoms with van der Waals surface area (Å²) >= 11 is 5.20. The van der Waals surface area contributed by atoms with Crippen LogP contribution in [0, 0.1) is 0 Å². The van der Waals surface area contributed by atoms with Crippen LogP contribution in [0.25, 0.3) is 0 Å². The van der Waals surface area contributed by atoms with Crippen LogP contribution in [0.2, 0.25) is 0 Å². The van der Waals surface area contributed by atoms with Crippen LogP contribution < -0.4 is 10.5 Å². The predicted molar refractivity (Wildman–Crippen MR) is 86.0 cm³/mol. The van der Waals surface area contributed by atoms with Crippen LogP contribution in [0.3, 0.4) is 0 Å². The van der Waals surface area contributed by atoms with Gasteiger partial charge in [-0.3, -0.25) is 0 Å². The van der Waals surface area contributed by atoms with Crippen LogP contribution in [0.15, 0.2) is 51.8 Å². The van der Waals surface area contributed by atoms with E-state index in [0.29, 0.717) is 0 Å². The van der Waals surface area contributed by atoms with Gasteiger partial charge in [0.05, 0.1) is 7.11 Å². The second kappa shape index (κ2) is 6.87. The molecule has 0 saturated carbocycles. The number of ether oxygens (including phenoxy) is 1. The predicted octanol–water partition coefficient (Wildman–Crippen LogP) is 4.37. The number of hydrogen-bond acceptors (Lipinski definition) is 3. The molecule has 0 aliphatic carbocycles. The molecule has 0 aliphatic heterocycles. The molecule has 2 N–H and O–H groups in total. The molecule has 19 heavy (non-hydrogen) atoms. The Balaban J connectivity index is 1.88. The minimum atomic E-state index is 0.828. The summed E-state index contributed by atoms with van der Waals surface area (Å²) in [6, 6.07) is 14.2. The number of hydrogen-bond donors (Lipinski definition) is 1. The van der Waals surface area contributed by atoms with E-state index in [1.807, 2.05) is 24.3 Å². The van der Waals surface area contributed by atoms with Gasteiger partial charge in [-0.2, -0.15) is 0 Å². The van der Waals surface area contributed by atoms with Crippen molar-refractivity contribution in [3.05, 3.63) is 52.5 Å². The van der Waals surface area contributed by atoms with E-state index in [-0.39, 0.29) is 0 Å². The van der Waals surface area contributed by atoms with Gasteiger partial charge in [0.1, 0.15) is 5.75 Å². The molecule has 2 nitrogen and oxygen atoms in total. The second-order valence-electron chi connectivity index (χ2n) is 4.13. The van der Waals surface area contributed by atoms with Crippen molar-refractivity contribution in [3.8, 4) is 5.75 Å². The average Bonchev–Trinajstić information content (AvgIpc) is 2.42. The van der Waals surface area contributed by atoms with Gasteiger partial charge < -0.3 is 10.5 Å². The van der Waals surface area contributed by atoms with Crippen molar-refractivity contribution in [2.45, 2.75) is 11.3 Å². The lowest BCUT2D eigenvalue weighted by Crippen LogP contribution is -1.92. The molecule has 0 radical (unpaired) electrons. The van der Waals surface area contributed by atoms with E-state index >= 15 is 0 Å². The highest BCUT2D eigenvalue weighted by atomic mass is 79.9. The molecule has 0 bridgehead atoms. The first kappa shape index (κ1) is 14.3. The smallest absolute Gasteiger partial charge is 0.118 e. The SMILES string of the molecule is COc1ccc(CCSc2ccc(Br)cc2N)cc1. The van der Waals surface area contributed by atoms with E-state index in [1.54, 1.807) is 18.9 Å². The van der Waals surface area contributed by atoms with Crippen molar-refractivity contribution in [3.63, 3.8) is 0 Å². The third-order valence-electron chi connectivity index (χ3n) is 2.78. The number of nitrogen functional groups attached to an aromatic ring is 1. The molecule has 0 atom stereocenters. The fourth-order valence-corrected chi connectivity index (χ4v) is 3.05. The maximum absolute atomic E-state index is 5.97. The first-order chi connectivity index (χ1) is 9.19. The number of rotatable bonds is 5. The fourth-order valence-electron chi connectivity index (χ4n) is 1.72. The van der Waals surface area contributed by atoms with Crippen molar-refractivity contribution < 1.29 is 4.74 Å². The number of halogens is 1. The van der Waals surface area contributed by atoms with Crippen LogP contribution in [0.4, 0.5) is 5.69 Å². The van der Waals surface area contributed by atoms with Gasteiger partial charge in [0.15, 0.2) is 0 Å². The summed E-state index contributed by atoms with van der Waals surface area (Å²) in [5, 5.41) is 0. The van der Waals surface area contributed by atoms with Gasteiger partial charge in [-0.25, -0.2) is 0 Å². The molecular formula is C15H16BrNOS. The van der Waals surface area contributed by atoms with Gasteiger partial charge in [0.2, 0.25) is 0 Å². The zero-order valence-corrected chi connectivity index (χ0v) is 13.1. The molecule has 0 aliphatic rings. The van der Waals surface area contributed by atoms with Crippen LogP contribution in [0.1, 0.15) is 5.56 Å². The van der Waals surface area contributed by atoms with Crippen LogP contribution in [0.5, 0.6) is 5.75 Å². The molecule has 2 rings (SSSR count). The van der Waals surface area contributed by atoms with E-state index in [4.69, 9.17) is 10.5 Å². The van der Waals surface area contributed by atoms with Crippen molar-refractivity contribution in [1.82, 2.24) is 0 Å². The van der Waals surface area contributed by atoms with Gasteiger partial charge in [-0.05, 0) is 42.3 Å². The Morgan fingerprint density at radius 2 is 1.89 bits per heavy atom. The van der Waals surface area contributed by atoms with Gasteiger partial charge in [0, 0.05) is 20.8 Å². The molecular weight excluding hydrogens is 322 g/mol. The van der Waals surface area contributed by atoms with E-state index in [0.717, 1.165) is 33.0 Å². The first-order valence-electron chi connectivity index (χ1n) is 6.00. The van der Waals surface area contributed by atoms with E-state index in [2.05, 4.69) is 34.1 Å². The Kier molecular flexibility index (Phi) is 5.16. The van der Waals surface area contributed by atoms with Crippen LogP contribution in [-0.4, -0.2) is 12.9 Å². The Bertz CT molecular complexity index is 542. The fraction of sp³-hybridized carbons (Fsp3) is 0.200. The average molecular weight is 338 g/mol.